The zero-order valence-electron chi connectivity index (χ0n) is 21.6. The Morgan fingerprint density at radius 3 is 2.09 bits per heavy atom. The van der Waals surface area contributed by atoms with E-state index in [0.717, 1.165) is 4.68 Å². The van der Waals surface area contributed by atoms with Gasteiger partial charge in [-0.05, 0) is 84.4 Å². The Kier molecular flexibility index (Phi) is 7.06. The number of hydrogen-bond acceptors (Lipinski definition) is 6. The van der Waals surface area contributed by atoms with Crippen LogP contribution in [-0.2, 0) is 0 Å². The van der Waals surface area contributed by atoms with Crippen LogP contribution >= 0.6 is 0 Å². The molecule has 1 aromatic heterocycles. The van der Waals surface area contributed by atoms with E-state index in [-0.39, 0.29) is 22.9 Å². The molecule has 0 aliphatic carbocycles. The first-order chi connectivity index (χ1) is 20.6. The van der Waals surface area contributed by atoms with Crippen molar-refractivity contribution in [3.63, 3.8) is 0 Å². The van der Waals surface area contributed by atoms with Crippen molar-refractivity contribution < 1.29 is 45.7 Å². The number of amides is 1. The van der Waals surface area contributed by atoms with Gasteiger partial charge in [-0.3, -0.25) is 0 Å². The molecule has 218 valence electrons. The lowest BCUT2D eigenvalue weighted by molar-refractivity contribution is -0.286. The maximum absolute atomic E-state index is 13.6. The van der Waals surface area contributed by atoms with E-state index in [1.165, 1.54) is 72.9 Å². The van der Waals surface area contributed by atoms with Gasteiger partial charge in [0.25, 0.3) is 0 Å². The third-order valence-electron chi connectivity index (χ3n) is 6.14. The maximum Gasteiger partial charge on any atom is 0.586 e. The number of carbonyl (C=O) groups excluding carboxylic acids is 1. The Morgan fingerprint density at radius 2 is 1.42 bits per heavy atom. The van der Waals surface area contributed by atoms with Gasteiger partial charge < -0.3 is 24.3 Å². The van der Waals surface area contributed by atoms with Crippen LogP contribution in [0.5, 0.6) is 28.7 Å². The highest BCUT2D eigenvalue weighted by atomic mass is 19.3. The lowest BCUT2D eigenvalue weighted by atomic mass is 10.0. The monoisotopic (exact) mass is 595 g/mol. The van der Waals surface area contributed by atoms with E-state index < -0.39 is 24.8 Å². The van der Waals surface area contributed by atoms with Crippen molar-refractivity contribution >= 4 is 11.7 Å². The number of nitrogens with one attached hydrogen (secondary N) is 1. The van der Waals surface area contributed by atoms with Crippen LogP contribution in [0.4, 0.5) is 32.4 Å². The second-order valence-electron chi connectivity index (χ2n) is 9.08. The van der Waals surface area contributed by atoms with Crippen molar-refractivity contribution in [1.29, 1.82) is 0 Å². The number of carbonyl (C=O) groups is 1. The topological polar surface area (TPSA) is 83.8 Å². The van der Waals surface area contributed by atoms with Crippen LogP contribution < -0.4 is 24.3 Å². The Morgan fingerprint density at radius 1 is 0.814 bits per heavy atom. The lowest BCUT2D eigenvalue weighted by Gasteiger charge is -2.09. The van der Waals surface area contributed by atoms with Gasteiger partial charge in [-0.2, -0.15) is 18.6 Å². The summed E-state index contributed by atoms with van der Waals surface area (Å²) in [6, 6.07) is 20.9. The fourth-order valence-corrected chi connectivity index (χ4v) is 4.24. The minimum atomic E-state index is -3.81. The fourth-order valence-electron chi connectivity index (χ4n) is 4.24. The molecule has 0 unspecified atom stereocenters. The minimum absolute atomic E-state index is 0.00940. The number of hydrogen-bond donors (Lipinski definition) is 1. The number of rotatable bonds is 7. The molecule has 43 heavy (non-hydrogen) atoms. The summed E-state index contributed by atoms with van der Waals surface area (Å²) in [6.07, 6.45) is -2.38. The molecule has 1 amide bonds. The first-order valence-electron chi connectivity index (χ1n) is 12.5. The number of halogens is 5. The van der Waals surface area contributed by atoms with Crippen molar-refractivity contribution in [1.82, 2.24) is 9.78 Å². The van der Waals surface area contributed by atoms with Crippen LogP contribution in [0.1, 0.15) is 0 Å². The Labute approximate surface area is 239 Å². The number of alkyl halides is 4. The summed E-state index contributed by atoms with van der Waals surface area (Å²) in [7, 11) is 0. The standard InChI is InChI=1S/C30H18F5N3O5/c31-19-4-1-17(2-5-19)24-16-38(37-27(24)18-3-14-25-26(15-18)43-30(34,35)42-25)29(39)36-20-6-8-21(9-7-20)40-22-10-12-23(13-11-22)41-28(32)33/h1-16,28H,(H,36,39). The molecular weight excluding hydrogens is 577 g/mol. The summed E-state index contributed by atoms with van der Waals surface area (Å²) < 4.78 is 85.4. The van der Waals surface area contributed by atoms with Gasteiger partial charge in [0.2, 0.25) is 0 Å². The molecule has 8 nitrogen and oxygen atoms in total. The summed E-state index contributed by atoms with van der Waals surface area (Å²) in [4.78, 5) is 13.1. The molecular formula is C30H18F5N3O5. The number of anilines is 1. The second kappa shape index (κ2) is 11.0. The normalized spacial score (nSPS) is 13.2. The molecule has 5 aromatic rings. The summed E-state index contributed by atoms with van der Waals surface area (Å²) in [5, 5.41) is 7.08. The molecule has 4 aromatic carbocycles. The zero-order valence-corrected chi connectivity index (χ0v) is 21.6. The van der Waals surface area contributed by atoms with E-state index in [2.05, 4.69) is 24.6 Å². The number of fused-ring (bicyclic) bond motifs is 1. The smallest absolute Gasteiger partial charge is 0.457 e. The predicted molar refractivity (Wildman–Crippen MR) is 143 cm³/mol. The molecule has 1 N–H and O–H groups in total. The molecule has 13 heteroatoms. The molecule has 0 atom stereocenters. The molecule has 0 bridgehead atoms. The molecule has 0 radical (unpaired) electrons. The largest absolute Gasteiger partial charge is 0.586 e. The fraction of sp³-hybridized carbons (Fsp3) is 0.0667. The quantitative estimate of drug-likeness (QED) is 0.191. The summed E-state index contributed by atoms with van der Waals surface area (Å²) in [5.41, 5.74) is 1.94. The van der Waals surface area contributed by atoms with Gasteiger partial charge in [0.05, 0.1) is 0 Å². The molecule has 1 aliphatic rings. The average molecular weight is 595 g/mol. The highest BCUT2D eigenvalue weighted by Crippen LogP contribution is 2.44. The van der Waals surface area contributed by atoms with Gasteiger partial charge in [0, 0.05) is 23.0 Å². The molecule has 0 spiro atoms. The summed E-state index contributed by atoms with van der Waals surface area (Å²) in [5.74, 6) is -0.0431. The second-order valence-corrected chi connectivity index (χ2v) is 9.08. The van der Waals surface area contributed by atoms with Crippen LogP contribution in [0.2, 0.25) is 0 Å². The summed E-state index contributed by atoms with van der Waals surface area (Å²) >= 11 is 0. The van der Waals surface area contributed by atoms with E-state index in [1.807, 2.05) is 0 Å². The first kappa shape index (κ1) is 27.6. The SMILES string of the molecule is O=C(Nc1ccc(Oc2ccc(OC(F)F)cc2)cc1)n1cc(-c2ccc(F)cc2)c(-c2ccc3c(c2)OC(F)(F)O3)n1. The Bertz CT molecular complexity index is 1780. The van der Waals surface area contributed by atoms with Crippen LogP contribution in [-0.4, -0.2) is 28.7 Å². The molecule has 1 aliphatic heterocycles. The van der Waals surface area contributed by atoms with E-state index >= 15 is 0 Å². The van der Waals surface area contributed by atoms with Crippen molar-refractivity contribution in [2.75, 3.05) is 5.32 Å². The third-order valence-corrected chi connectivity index (χ3v) is 6.14. The first-order valence-corrected chi connectivity index (χ1v) is 12.5. The van der Waals surface area contributed by atoms with Gasteiger partial charge in [0.1, 0.15) is 28.8 Å². The molecule has 0 saturated carbocycles. The Hall–Kier alpha value is -5.59. The van der Waals surface area contributed by atoms with Crippen molar-refractivity contribution in [3.8, 4) is 51.1 Å². The van der Waals surface area contributed by atoms with Crippen molar-refractivity contribution in [2.45, 2.75) is 12.9 Å². The van der Waals surface area contributed by atoms with Gasteiger partial charge in [-0.15, -0.1) is 8.78 Å². The van der Waals surface area contributed by atoms with Crippen LogP contribution in [0.25, 0.3) is 22.4 Å². The van der Waals surface area contributed by atoms with E-state index in [0.29, 0.717) is 33.9 Å². The Balaban J connectivity index is 1.22. The molecule has 0 fully saturated rings. The lowest BCUT2D eigenvalue weighted by Crippen LogP contribution is -2.25. The van der Waals surface area contributed by atoms with Crippen LogP contribution in [0.15, 0.2) is 97.2 Å². The van der Waals surface area contributed by atoms with E-state index in [4.69, 9.17) is 4.74 Å². The highest BCUT2D eigenvalue weighted by molar-refractivity contribution is 5.93. The number of aromatic nitrogens is 2. The molecule has 6 rings (SSSR count). The minimum Gasteiger partial charge on any atom is -0.457 e. The molecule has 2 heterocycles. The molecule has 0 saturated heterocycles. The number of ether oxygens (including phenoxy) is 4. The van der Waals surface area contributed by atoms with Gasteiger partial charge >= 0.3 is 18.9 Å². The van der Waals surface area contributed by atoms with Gasteiger partial charge in [-0.1, -0.05) is 12.1 Å². The maximum atomic E-state index is 13.6. The number of nitrogens with zero attached hydrogens (tertiary/aromatic N) is 2. The zero-order chi connectivity index (χ0) is 30.1. The predicted octanol–water partition coefficient (Wildman–Crippen LogP) is 8.15. The van der Waals surface area contributed by atoms with Gasteiger partial charge in [-0.25, -0.2) is 9.18 Å². The van der Waals surface area contributed by atoms with E-state index in [9.17, 15) is 26.7 Å². The van der Waals surface area contributed by atoms with Crippen LogP contribution in [0.3, 0.4) is 0 Å². The summed E-state index contributed by atoms with van der Waals surface area (Å²) in [6.45, 7) is -2.93. The van der Waals surface area contributed by atoms with Crippen LogP contribution in [0, 0.1) is 5.82 Å². The highest BCUT2D eigenvalue weighted by Gasteiger charge is 2.43. The number of benzene rings is 4. The average Bonchev–Trinajstić information content (AvgIpc) is 3.55. The van der Waals surface area contributed by atoms with Crippen molar-refractivity contribution in [3.05, 3.63) is 103 Å². The third kappa shape index (κ3) is 6.20. The van der Waals surface area contributed by atoms with E-state index in [1.54, 1.807) is 24.3 Å². The van der Waals surface area contributed by atoms with Gasteiger partial charge in [0.15, 0.2) is 11.5 Å². The van der Waals surface area contributed by atoms with Crippen molar-refractivity contribution in [2.24, 2.45) is 0 Å².